The zero-order valence-electron chi connectivity index (χ0n) is 10.5. The lowest BCUT2D eigenvalue weighted by Crippen LogP contribution is -2.55. The van der Waals surface area contributed by atoms with Gasteiger partial charge in [0, 0.05) is 13.2 Å². The van der Waals surface area contributed by atoms with E-state index in [2.05, 4.69) is 5.32 Å². The fourth-order valence-corrected chi connectivity index (χ4v) is 2.36. The maximum absolute atomic E-state index is 11.9. The van der Waals surface area contributed by atoms with Gasteiger partial charge in [0.2, 0.25) is 5.91 Å². The van der Waals surface area contributed by atoms with Gasteiger partial charge in [-0.15, -0.1) is 0 Å². The second kappa shape index (κ2) is 5.83. The molecule has 2 aliphatic carbocycles. The van der Waals surface area contributed by atoms with E-state index in [1.807, 2.05) is 0 Å². The molecule has 98 valence electrons. The number of amides is 1. The van der Waals surface area contributed by atoms with Gasteiger partial charge in [-0.3, -0.25) is 4.79 Å². The van der Waals surface area contributed by atoms with Crippen molar-refractivity contribution in [2.75, 3.05) is 19.8 Å². The van der Waals surface area contributed by atoms with Gasteiger partial charge in [0.1, 0.15) is 0 Å². The van der Waals surface area contributed by atoms with Gasteiger partial charge in [0.25, 0.3) is 0 Å². The Kier molecular flexibility index (Phi) is 4.40. The standard InChI is InChI=1S/C13H24N2O2/c14-13(6-2-1-3-7-13)12(16)15-8-9-17-10-11-4-5-11/h11H,1-10,14H2,(H,15,16). The number of hydrogen-bond acceptors (Lipinski definition) is 3. The van der Waals surface area contributed by atoms with Crippen molar-refractivity contribution in [3.63, 3.8) is 0 Å². The Balaban J connectivity index is 1.58. The van der Waals surface area contributed by atoms with Crippen molar-refractivity contribution in [3.8, 4) is 0 Å². The lowest BCUT2D eigenvalue weighted by molar-refractivity contribution is -0.127. The van der Waals surface area contributed by atoms with E-state index >= 15 is 0 Å². The summed E-state index contributed by atoms with van der Waals surface area (Å²) in [5.41, 5.74) is 5.51. The Morgan fingerprint density at radius 3 is 2.65 bits per heavy atom. The van der Waals surface area contributed by atoms with Crippen molar-refractivity contribution in [2.24, 2.45) is 11.7 Å². The lowest BCUT2D eigenvalue weighted by Gasteiger charge is -2.31. The highest BCUT2D eigenvalue weighted by Gasteiger charge is 2.34. The van der Waals surface area contributed by atoms with Crippen LogP contribution in [0.4, 0.5) is 0 Å². The Morgan fingerprint density at radius 1 is 1.29 bits per heavy atom. The number of nitrogens with two attached hydrogens (primary N) is 1. The first kappa shape index (κ1) is 12.8. The number of carbonyl (C=O) groups excluding carboxylic acids is 1. The molecule has 4 nitrogen and oxygen atoms in total. The number of rotatable bonds is 6. The molecule has 2 fully saturated rings. The summed E-state index contributed by atoms with van der Waals surface area (Å²) >= 11 is 0. The summed E-state index contributed by atoms with van der Waals surface area (Å²) in [6.07, 6.45) is 7.60. The molecule has 0 aromatic rings. The number of ether oxygens (including phenoxy) is 1. The van der Waals surface area contributed by atoms with Gasteiger partial charge in [-0.05, 0) is 31.6 Å². The molecule has 0 spiro atoms. The zero-order chi connectivity index (χ0) is 12.1. The van der Waals surface area contributed by atoms with Crippen LogP contribution in [0.25, 0.3) is 0 Å². The number of carbonyl (C=O) groups is 1. The molecule has 0 heterocycles. The Morgan fingerprint density at radius 2 is 2.00 bits per heavy atom. The highest BCUT2D eigenvalue weighted by molar-refractivity contribution is 5.86. The predicted molar refractivity (Wildman–Crippen MR) is 66.6 cm³/mol. The molecule has 0 unspecified atom stereocenters. The first-order chi connectivity index (χ1) is 8.21. The van der Waals surface area contributed by atoms with E-state index in [4.69, 9.17) is 10.5 Å². The topological polar surface area (TPSA) is 64.4 Å². The highest BCUT2D eigenvalue weighted by atomic mass is 16.5. The minimum Gasteiger partial charge on any atom is -0.379 e. The molecule has 0 saturated heterocycles. The van der Waals surface area contributed by atoms with Gasteiger partial charge < -0.3 is 15.8 Å². The third-order valence-electron chi connectivity index (χ3n) is 3.78. The molecule has 4 heteroatoms. The highest BCUT2D eigenvalue weighted by Crippen LogP contribution is 2.28. The SMILES string of the molecule is NC1(C(=O)NCCOCC2CC2)CCCCC1. The van der Waals surface area contributed by atoms with E-state index in [0.29, 0.717) is 13.2 Å². The molecular formula is C13H24N2O2. The van der Waals surface area contributed by atoms with E-state index < -0.39 is 5.54 Å². The van der Waals surface area contributed by atoms with Crippen LogP contribution in [0.2, 0.25) is 0 Å². The van der Waals surface area contributed by atoms with Crippen molar-refractivity contribution in [1.82, 2.24) is 5.32 Å². The summed E-state index contributed by atoms with van der Waals surface area (Å²) in [7, 11) is 0. The van der Waals surface area contributed by atoms with Crippen molar-refractivity contribution in [3.05, 3.63) is 0 Å². The van der Waals surface area contributed by atoms with Crippen LogP contribution in [0.1, 0.15) is 44.9 Å². The Labute approximate surface area is 103 Å². The van der Waals surface area contributed by atoms with E-state index in [1.165, 1.54) is 19.3 Å². The zero-order valence-corrected chi connectivity index (χ0v) is 10.5. The molecule has 2 saturated carbocycles. The molecular weight excluding hydrogens is 216 g/mol. The van der Waals surface area contributed by atoms with Crippen LogP contribution < -0.4 is 11.1 Å². The second-order valence-electron chi connectivity index (χ2n) is 5.49. The summed E-state index contributed by atoms with van der Waals surface area (Å²) < 4.78 is 5.47. The molecule has 0 radical (unpaired) electrons. The van der Waals surface area contributed by atoms with Gasteiger partial charge in [0.15, 0.2) is 0 Å². The predicted octanol–water partition coefficient (Wildman–Crippen LogP) is 1.19. The molecule has 1 amide bonds. The Hall–Kier alpha value is -0.610. The molecule has 2 rings (SSSR count). The van der Waals surface area contributed by atoms with Crippen molar-refractivity contribution >= 4 is 5.91 Å². The van der Waals surface area contributed by atoms with Gasteiger partial charge in [-0.1, -0.05) is 19.3 Å². The van der Waals surface area contributed by atoms with Crippen LogP contribution in [-0.4, -0.2) is 31.2 Å². The van der Waals surface area contributed by atoms with Crippen LogP contribution in [0.3, 0.4) is 0 Å². The van der Waals surface area contributed by atoms with E-state index in [1.54, 1.807) is 0 Å². The van der Waals surface area contributed by atoms with Crippen LogP contribution >= 0.6 is 0 Å². The van der Waals surface area contributed by atoms with Crippen LogP contribution in [0, 0.1) is 5.92 Å². The minimum atomic E-state index is -0.616. The second-order valence-corrected chi connectivity index (χ2v) is 5.49. The molecule has 17 heavy (non-hydrogen) atoms. The summed E-state index contributed by atoms with van der Waals surface area (Å²) in [5.74, 6) is 0.789. The number of hydrogen-bond donors (Lipinski definition) is 2. The average molecular weight is 240 g/mol. The molecule has 0 aromatic carbocycles. The average Bonchev–Trinajstić information content (AvgIpc) is 3.13. The molecule has 2 aliphatic rings. The largest absolute Gasteiger partial charge is 0.379 e. The molecule has 0 aliphatic heterocycles. The quantitative estimate of drug-likeness (QED) is 0.685. The fraction of sp³-hybridized carbons (Fsp3) is 0.923. The van der Waals surface area contributed by atoms with Gasteiger partial charge in [-0.25, -0.2) is 0 Å². The summed E-state index contributed by atoms with van der Waals surface area (Å²) in [6.45, 7) is 2.05. The molecule has 3 N–H and O–H groups in total. The fourth-order valence-electron chi connectivity index (χ4n) is 2.36. The van der Waals surface area contributed by atoms with Crippen LogP contribution in [-0.2, 0) is 9.53 Å². The normalized spacial score (nSPS) is 23.4. The van der Waals surface area contributed by atoms with Crippen molar-refractivity contribution in [1.29, 1.82) is 0 Å². The molecule has 0 atom stereocenters. The third-order valence-corrected chi connectivity index (χ3v) is 3.78. The molecule has 0 aromatic heterocycles. The summed E-state index contributed by atoms with van der Waals surface area (Å²) in [5, 5.41) is 2.90. The van der Waals surface area contributed by atoms with Crippen molar-refractivity contribution in [2.45, 2.75) is 50.5 Å². The third kappa shape index (κ3) is 3.96. The smallest absolute Gasteiger partial charge is 0.240 e. The maximum Gasteiger partial charge on any atom is 0.240 e. The van der Waals surface area contributed by atoms with Gasteiger partial charge in [0.05, 0.1) is 12.1 Å². The lowest BCUT2D eigenvalue weighted by atomic mass is 9.82. The van der Waals surface area contributed by atoms with E-state index in [0.717, 1.165) is 38.2 Å². The van der Waals surface area contributed by atoms with Crippen molar-refractivity contribution < 1.29 is 9.53 Å². The molecule has 0 bridgehead atoms. The maximum atomic E-state index is 11.9. The van der Waals surface area contributed by atoms with E-state index in [-0.39, 0.29) is 5.91 Å². The first-order valence-corrected chi connectivity index (χ1v) is 6.86. The monoisotopic (exact) mass is 240 g/mol. The minimum absolute atomic E-state index is 0.00669. The van der Waals surface area contributed by atoms with E-state index in [9.17, 15) is 4.79 Å². The first-order valence-electron chi connectivity index (χ1n) is 6.86. The van der Waals surface area contributed by atoms with Gasteiger partial charge in [-0.2, -0.15) is 0 Å². The van der Waals surface area contributed by atoms with Gasteiger partial charge >= 0.3 is 0 Å². The van der Waals surface area contributed by atoms with Crippen LogP contribution in [0.15, 0.2) is 0 Å². The summed E-state index contributed by atoms with van der Waals surface area (Å²) in [6, 6.07) is 0. The summed E-state index contributed by atoms with van der Waals surface area (Å²) in [4.78, 5) is 11.9. The van der Waals surface area contributed by atoms with Crippen LogP contribution in [0.5, 0.6) is 0 Å². The Bertz CT molecular complexity index is 258. The number of nitrogens with one attached hydrogen (secondary N) is 1.